The van der Waals surface area contributed by atoms with Gasteiger partial charge in [0.25, 0.3) is 0 Å². The Hall–Kier alpha value is -2.00. The van der Waals surface area contributed by atoms with E-state index in [-0.39, 0.29) is 0 Å². The first-order valence-corrected chi connectivity index (χ1v) is 7.18. The summed E-state index contributed by atoms with van der Waals surface area (Å²) in [6.07, 6.45) is 0.721. The Morgan fingerprint density at radius 2 is 1.90 bits per heavy atom. The van der Waals surface area contributed by atoms with Crippen molar-refractivity contribution < 1.29 is 14.6 Å². The Morgan fingerprint density at radius 3 is 2.67 bits per heavy atom. The number of aliphatic hydroxyl groups is 1. The molecule has 0 amide bonds. The van der Waals surface area contributed by atoms with Crippen molar-refractivity contribution in [3.8, 4) is 11.5 Å². The van der Waals surface area contributed by atoms with Gasteiger partial charge in [0.2, 0.25) is 0 Å². The SMILES string of the molecule is COc1ccccc1CC(O)CCOc1cccc(C)c1. The molecule has 1 atom stereocenters. The number of benzene rings is 2. The molecular weight excluding hydrogens is 264 g/mol. The van der Waals surface area contributed by atoms with Gasteiger partial charge in [-0.15, -0.1) is 0 Å². The van der Waals surface area contributed by atoms with Gasteiger partial charge in [-0.3, -0.25) is 0 Å². The molecule has 0 aliphatic heterocycles. The van der Waals surface area contributed by atoms with E-state index in [1.807, 2.05) is 55.5 Å². The van der Waals surface area contributed by atoms with Crippen LogP contribution in [-0.2, 0) is 6.42 Å². The van der Waals surface area contributed by atoms with Crippen LogP contribution in [0.3, 0.4) is 0 Å². The fraction of sp³-hybridized carbons (Fsp3) is 0.333. The second-order valence-corrected chi connectivity index (χ2v) is 5.12. The van der Waals surface area contributed by atoms with Crippen LogP contribution in [0.25, 0.3) is 0 Å². The monoisotopic (exact) mass is 286 g/mol. The van der Waals surface area contributed by atoms with Gasteiger partial charge in [0.15, 0.2) is 0 Å². The highest BCUT2D eigenvalue weighted by atomic mass is 16.5. The van der Waals surface area contributed by atoms with Gasteiger partial charge in [0.1, 0.15) is 11.5 Å². The lowest BCUT2D eigenvalue weighted by Crippen LogP contribution is -2.15. The molecular formula is C18H22O3. The van der Waals surface area contributed by atoms with Crippen LogP contribution in [-0.4, -0.2) is 24.9 Å². The zero-order valence-corrected chi connectivity index (χ0v) is 12.6. The van der Waals surface area contributed by atoms with Crippen molar-refractivity contribution in [3.05, 3.63) is 59.7 Å². The fourth-order valence-corrected chi connectivity index (χ4v) is 2.25. The van der Waals surface area contributed by atoms with E-state index < -0.39 is 6.10 Å². The molecule has 0 heterocycles. The summed E-state index contributed by atoms with van der Waals surface area (Å²) in [5.41, 5.74) is 2.19. The molecule has 0 radical (unpaired) electrons. The highest BCUT2D eigenvalue weighted by Crippen LogP contribution is 2.20. The van der Waals surface area contributed by atoms with Crippen LogP contribution in [0.15, 0.2) is 48.5 Å². The third kappa shape index (κ3) is 4.80. The Bertz CT molecular complexity index is 566. The number of aryl methyl sites for hydroxylation is 1. The van der Waals surface area contributed by atoms with Crippen LogP contribution in [0.5, 0.6) is 11.5 Å². The molecule has 0 bridgehead atoms. The second-order valence-electron chi connectivity index (χ2n) is 5.12. The number of methoxy groups -OCH3 is 1. The van der Waals surface area contributed by atoms with E-state index in [0.717, 1.165) is 17.1 Å². The van der Waals surface area contributed by atoms with Crippen LogP contribution in [0.1, 0.15) is 17.5 Å². The minimum absolute atomic E-state index is 0.439. The van der Waals surface area contributed by atoms with Gasteiger partial charge in [-0.1, -0.05) is 30.3 Å². The molecule has 0 saturated heterocycles. The molecule has 0 aliphatic rings. The number of aliphatic hydroxyl groups excluding tert-OH is 1. The van der Waals surface area contributed by atoms with Gasteiger partial charge < -0.3 is 14.6 Å². The van der Waals surface area contributed by atoms with E-state index in [4.69, 9.17) is 9.47 Å². The zero-order chi connectivity index (χ0) is 15.1. The third-order valence-electron chi connectivity index (χ3n) is 3.36. The first-order valence-electron chi connectivity index (χ1n) is 7.18. The van der Waals surface area contributed by atoms with Crippen LogP contribution in [0, 0.1) is 6.92 Å². The lowest BCUT2D eigenvalue weighted by atomic mass is 10.1. The summed E-state index contributed by atoms with van der Waals surface area (Å²) < 4.78 is 11.0. The minimum Gasteiger partial charge on any atom is -0.496 e. The summed E-state index contributed by atoms with van der Waals surface area (Å²) in [6.45, 7) is 2.53. The van der Waals surface area contributed by atoms with Gasteiger partial charge in [-0.05, 0) is 36.2 Å². The van der Waals surface area contributed by atoms with Gasteiger partial charge in [0.05, 0.1) is 19.8 Å². The normalized spacial score (nSPS) is 12.0. The Balaban J connectivity index is 1.81. The predicted molar refractivity (Wildman–Crippen MR) is 84.0 cm³/mol. The summed E-state index contributed by atoms with van der Waals surface area (Å²) >= 11 is 0. The van der Waals surface area contributed by atoms with Gasteiger partial charge in [0, 0.05) is 12.8 Å². The van der Waals surface area contributed by atoms with Crippen LogP contribution in [0.2, 0.25) is 0 Å². The van der Waals surface area contributed by atoms with Crippen molar-refractivity contribution in [2.45, 2.75) is 25.9 Å². The average molecular weight is 286 g/mol. The number of hydrogen-bond acceptors (Lipinski definition) is 3. The quantitative estimate of drug-likeness (QED) is 0.848. The largest absolute Gasteiger partial charge is 0.496 e. The van der Waals surface area contributed by atoms with E-state index in [1.54, 1.807) is 7.11 Å². The lowest BCUT2D eigenvalue weighted by molar-refractivity contribution is 0.138. The van der Waals surface area contributed by atoms with E-state index in [0.29, 0.717) is 19.4 Å². The molecule has 0 aromatic heterocycles. The summed E-state index contributed by atoms with van der Waals surface area (Å²) in [7, 11) is 1.64. The molecule has 2 aromatic rings. The third-order valence-corrected chi connectivity index (χ3v) is 3.36. The molecule has 1 unspecified atom stereocenters. The number of rotatable bonds is 7. The molecule has 21 heavy (non-hydrogen) atoms. The summed E-state index contributed by atoms with van der Waals surface area (Å²) in [5.74, 6) is 1.66. The highest BCUT2D eigenvalue weighted by Gasteiger charge is 2.09. The smallest absolute Gasteiger partial charge is 0.122 e. The molecule has 3 heteroatoms. The highest BCUT2D eigenvalue weighted by molar-refractivity contribution is 5.33. The Morgan fingerprint density at radius 1 is 1.10 bits per heavy atom. The summed E-state index contributed by atoms with van der Waals surface area (Å²) in [6, 6.07) is 15.7. The summed E-state index contributed by atoms with van der Waals surface area (Å²) in [4.78, 5) is 0. The maximum Gasteiger partial charge on any atom is 0.122 e. The Kier molecular flexibility index (Phi) is 5.64. The first kappa shape index (κ1) is 15.4. The van der Waals surface area contributed by atoms with Crippen molar-refractivity contribution in [1.29, 1.82) is 0 Å². The molecule has 2 rings (SSSR count). The van der Waals surface area contributed by atoms with Crippen molar-refractivity contribution >= 4 is 0 Å². The van der Waals surface area contributed by atoms with Crippen LogP contribution >= 0.6 is 0 Å². The maximum absolute atomic E-state index is 10.1. The molecule has 0 aliphatic carbocycles. The van der Waals surface area contributed by atoms with E-state index in [2.05, 4.69) is 0 Å². The second kappa shape index (κ2) is 7.70. The molecule has 3 nitrogen and oxygen atoms in total. The topological polar surface area (TPSA) is 38.7 Å². The number of hydrogen-bond donors (Lipinski definition) is 1. The Labute approximate surface area is 126 Å². The van der Waals surface area contributed by atoms with Gasteiger partial charge in [-0.25, -0.2) is 0 Å². The average Bonchev–Trinajstić information content (AvgIpc) is 2.48. The fourth-order valence-electron chi connectivity index (χ4n) is 2.25. The molecule has 2 aromatic carbocycles. The molecule has 112 valence electrons. The minimum atomic E-state index is -0.439. The summed E-state index contributed by atoms with van der Waals surface area (Å²) in [5, 5.41) is 10.1. The van der Waals surface area contributed by atoms with Gasteiger partial charge in [-0.2, -0.15) is 0 Å². The standard InChI is InChI=1S/C18H22O3/c1-14-6-5-8-17(12-14)21-11-10-16(19)13-15-7-3-4-9-18(15)20-2/h3-9,12,16,19H,10-11,13H2,1-2H3. The molecule has 0 saturated carbocycles. The van der Waals surface area contributed by atoms with Crippen LogP contribution < -0.4 is 9.47 Å². The molecule has 0 fully saturated rings. The van der Waals surface area contributed by atoms with E-state index in [1.165, 1.54) is 5.56 Å². The van der Waals surface area contributed by atoms with Crippen molar-refractivity contribution in [3.63, 3.8) is 0 Å². The van der Waals surface area contributed by atoms with Crippen molar-refractivity contribution in [2.75, 3.05) is 13.7 Å². The number of ether oxygens (including phenoxy) is 2. The van der Waals surface area contributed by atoms with Gasteiger partial charge >= 0.3 is 0 Å². The van der Waals surface area contributed by atoms with Crippen molar-refractivity contribution in [1.82, 2.24) is 0 Å². The molecule has 1 N–H and O–H groups in total. The predicted octanol–water partition coefficient (Wildman–Crippen LogP) is 3.38. The molecule has 0 spiro atoms. The lowest BCUT2D eigenvalue weighted by Gasteiger charge is -2.14. The van der Waals surface area contributed by atoms with Crippen LogP contribution in [0.4, 0.5) is 0 Å². The maximum atomic E-state index is 10.1. The number of para-hydroxylation sites is 1. The van der Waals surface area contributed by atoms with E-state index >= 15 is 0 Å². The van der Waals surface area contributed by atoms with E-state index in [9.17, 15) is 5.11 Å². The zero-order valence-electron chi connectivity index (χ0n) is 12.6. The first-order chi connectivity index (χ1) is 10.2. The van der Waals surface area contributed by atoms with Crippen molar-refractivity contribution in [2.24, 2.45) is 0 Å².